The molecule has 4 amide bonds. The van der Waals surface area contributed by atoms with Crippen LogP contribution in [-0.2, 0) is 20.8 Å². The number of benzene rings is 2. The van der Waals surface area contributed by atoms with Crippen molar-refractivity contribution < 1.29 is 19.2 Å². The molecule has 1 aliphatic rings. The molecule has 32 heavy (non-hydrogen) atoms. The number of halogens is 1. The molecule has 9 heteroatoms. The number of carbonyl (C=O) groups excluding carboxylic acids is 4. The highest BCUT2D eigenvalue weighted by molar-refractivity contribution is 7.10. The minimum absolute atomic E-state index is 0.0240. The Morgan fingerprint density at radius 1 is 1.03 bits per heavy atom. The third-order valence-corrected chi connectivity index (χ3v) is 6.17. The summed E-state index contributed by atoms with van der Waals surface area (Å²) in [6.45, 7) is 0. The lowest BCUT2D eigenvalue weighted by atomic mass is 10.2. The predicted octanol–water partition coefficient (Wildman–Crippen LogP) is 3.45. The van der Waals surface area contributed by atoms with Crippen molar-refractivity contribution in [1.29, 1.82) is 0 Å². The van der Waals surface area contributed by atoms with Crippen LogP contribution in [0.5, 0.6) is 0 Å². The molecule has 162 valence electrons. The highest BCUT2D eigenvalue weighted by Gasteiger charge is 2.45. The van der Waals surface area contributed by atoms with E-state index < -0.39 is 29.7 Å². The number of hydrogen-bond donors (Lipinski definition) is 1. The lowest BCUT2D eigenvalue weighted by Gasteiger charge is -2.28. The molecule has 1 atom stereocenters. The molecule has 3 aromatic rings. The Morgan fingerprint density at radius 2 is 1.75 bits per heavy atom. The van der Waals surface area contributed by atoms with Crippen LogP contribution >= 0.6 is 22.9 Å². The maximum Gasteiger partial charge on any atom is 0.271 e. The largest absolute Gasteiger partial charge is 0.274 e. The molecular formula is C23H18ClN3O4S. The van der Waals surface area contributed by atoms with Crippen molar-refractivity contribution in [3.8, 4) is 0 Å². The van der Waals surface area contributed by atoms with E-state index in [2.05, 4.69) is 5.43 Å². The number of anilines is 1. The van der Waals surface area contributed by atoms with Gasteiger partial charge in [0.15, 0.2) is 0 Å². The summed E-state index contributed by atoms with van der Waals surface area (Å²) < 4.78 is 0. The fourth-order valence-electron chi connectivity index (χ4n) is 3.44. The van der Waals surface area contributed by atoms with Crippen LogP contribution in [0, 0.1) is 0 Å². The minimum atomic E-state index is -1.17. The molecule has 0 radical (unpaired) electrons. The molecule has 2 heterocycles. The number of hydrogen-bond acceptors (Lipinski definition) is 5. The van der Waals surface area contributed by atoms with Crippen molar-refractivity contribution in [1.82, 2.24) is 10.4 Å². The van der Waals surface area contributed by atoms with Gasteiger partial charge in [-0.25, -0.2) is 9.91 Å². The smallest absolute Gasteiger partial charge is 0.271 e. The summed E-state index contributed by atoms with van der Waals surface area (Å²) in [5, 5.41) is 3.00. The van der Waals surface area contributed by atoms with Crippen LogP contribution in [0.15, 0.2) is 72.1 Å². The van der Waals surface area contributed by atoms with Gasteiger partial charge in [-0.2, -0.15) is 0 Å². The van der Waals surface area contributed by atoms with E-state index in [1.807, 2.05) is 5.38 Å². The van der Waals surface area contributed by atoms with E-state index in [0.717, 1.165) is 14.8 Å². The first-order valence-electron chi connectivity index (χ1n) is 9.77. The number of rotatable bonds is 5. The first kappa shape index (κ1) is 21.7. The first-order chi connectivity index (χ1) is 15.5. The standard InChI is InChI=1S/C23H18ClN3O4S/c24-18-11-5-4-10-17(18)22(30)25-27(21(29)13-16-9-6-12-32-16)19-14-20(28)26(23(19)31)15-7-2-1-3-8-15/h1-12,19H,13-14H2,(H,25,30). The van der Waals surface area contributed by atoms with Crippen molar-refractivity contribution in [2.24, 2.45) is 0 Å². The van der Waals surface area contributed by atoms with Crippen LogP contribution in [0.25, 0.3) is 0 Å². The average Bonchev–Trinajstić information content (AvgIpc) is 3.40. The van der Waals surface area contributed by atoms with E-state index in [4.69, 9.17) is 11.6 Å². The van der Waals surface area contributed by atoms with Crippen LogP contribution in [0.4, 0.5) is 5.69 Å². The van der Waals surface area contributed by atoms with Crippen LogP contribution in [0.3, 0.4) is 0 Å². The number of hydrazine groups is 1. The fourth-order valence-corrected chi connectivity index (χ4v) is 4.36. The van der Waals surface area contributed by atoms with Gasteiger partial charge < -0.3 is 0 Å². The normalized spacial score (nSPS) is 15.7. The zero-order valence-corrected chi connectivity index (χ0v) is 18.3. The number of nitrogens with one attached hydrogen (secondary N) is 1. The van der Waals surface area contributed by atoms with Gasteiger partial charge in [0.2, 0.25) is 11.8 Å². The van der Waals surface area contributed by atoms with Crippen LogP contribution in [-0.4, -0.2) is 34.7 Å². The molecule has 1 N–H and O–H groups in total. The molecular weight excluding hydrogens is 450 g/mol. The van der Waals surface area contributed by atoms with Crippen molar-refractivity contribution in [2.45, 2.75) is 18.9 Å². The molecule has 1 aromatic heterocycles. The maximum atomic E-state index is 13.2. The fraction of sp³-hybridized carbons (Fsp3) is 0.130. The Hall–Kier alpha value is -3.49. The summed E-state index contributed by atoms with van der Waals surface area (Å²) in [4.78, 5) is 53.7. The van der Waals surface area contributed by atoms with E-state index in [-0.39, 0.29) is 23.4 Å². The SMILES string of the molecule is O=C(NN(C(=O)Cc1cccs1)C1CC(=O)N(c2ccccc2)C1=O)c1ccccc1Cl. The summed E-state index contributed by atoms with van der Waals surface area (Å²) in [6.07, 6.45) is -0.267. The summed E-state index contributed by atoms with van der Waals surface area (Å²) in [6, 6.07) is 17.3. The predicted molar refractivity (Wildman–Crippen MR) is 121 cm³/mol. The van der Waals surface area contributed by atoms with Gasteiger partial charge in [-0.15, -0.1) is 11.3 Å². The number of imide groups is 1. The molecule has 1 aliphatic heterocycles. The monoisotopic (exact) mass is 467 g/mol. The van der Waals surface area contributed by atoms with E-state index in [1.54, 1.807) is 60.7 Å². The Morgan fingerprint density at radius 3 is 2.44 bits per heavy atom. The number of thiophene rings is 1. The third kappa shape index (κ3) is 4.42. The number of para-hydroxylation sites is 1. The van der Waals surface area contributed by atoms with Gasteiger partial charge in [-0.05, 0) is 35.7 Å². The topological polar surface area (TPSA) is 86.8 Å². The second kappa shape index (κ2) is 9.33. The first-order valence-corrected chi connectivity index (χ1v) is 11.0. The molecule has 0 aliphatic carbocycles. The highest BCUT2D eigenvalue weighted by Crippen LogP contribution is 2.26. The van der Waals surface area contributed by atoms with Gasteiger partial charge in [0.05, 0.1) is 29.1 Å². The van der Waals surface area contributed by atoms with E-state index in [1.165, 1.54) is 17.4 Å². The molecule has 2 aromatic carbocycles. The lowest BCUT2D eigenvalue weighted by molar-refractivity contribution is -0.140. The van der Waals surface area contributed by atoms with Crippen molar-refractivity contribution in [3.63, 3.8) is 0 Å². The van der Waals surface area contributed by atoms with Gasteiger partial charge in [0, 0.05) is 4.88 Å². The molecule has 4 rings (SSSR count). The Bertz CT molecular complexity index is 1170. The summed E-state index contributed by atoms with van der Waals surface area (Å²) in [5.41, 5.74) is 3.08. The van der Waals surface area contributed by atoms with E-state index in [0.29, 0.717) is 5.69 Å². The minimum Gasteiger partial charge on any atom is -0.274 e. The van der Waals surface area contributed by atoms with Crippen molar-refractivity contribution in [3.05, 3.63) is 87.6 Å². The molecule has 1 saturated heterocycles. The Kier molecular flexibility index (Phi) is 6.34. The Labute approximate surface area is 193 Å². The molecule has 0 bridgehead atoms. The lowest BCUT2D eigenvalue weighted by Crippen LogP contribution is -2.55. The van der Waals surface area contributed by atoms with Crippen molar-refractivity contribution >= 4 is 52.3 Å². The molecule has 0 spiro atoms. The Balaban J connectivity index is 1.63. The summed E-state index contributed by atoms with van der Waals surface area (Å²) in [5.74, 6) is -2.19. The van der Waals surface area contributed by atoms with E-state index >= 15 is 0 Å². The van der Waals surface area contributed by atoms with Crippen LogP contribution in [0.2, 0.25) is 5.02 Å². The second-order valence-electron chi connectivity index (χ2n) is 7.06. The zero-order valence-electron chi connectivity index (χ0n) is 16.7. The van der Waals surface area contributed by atoms with Crippen molar-refractivity contribution in [2.75, 3.05) is 4.90 Å². The third-order valence-electron chi connectivity index (χ3n) is 4.96. The highest BCUT2D eigenvalue weighted by atomic mass is 35.5. The molecule has 0 saturated carbocycles. The molecule has 7 nitrogen and oxygen atoms in total. The number of nitrogens with zero attached hydrogens (tertiary/aromatic N) is 2. The van der Waals surface area contributed by atoms with Crippen LogP contribution < -0.4 is 10.3 Å². The van der Waals surface area contributed by atoms with Gasteiger partial charge in [-0.3, -0.25) is 24.6 Å². The molecule has 1 unspecified atom stereocenters. The van der Waals surface area contributed by atoms with E-state index in [9.17, 15) is 19.2 Å². The maximum absolute atomic E-state index is 13.2. The van der Waals surface area contributed by atoms with Crippen LogP contribution in [0.1, 0.15) is 21.7 Å². The number of amides is 4. The summed E-state index contributed by atoms with van der Waals surface area (Å²) >= 11 is 7.50. The average molecular weight is 468 g/mol. The van der Waals surface area contributed by atoms with Gasteiger partial charge in [0.25, 0.3) is 11.8 Å². The zero-order chi connectivity index (χ0) is 22.7. The van der Waals surface area contributed by atoms with Gasteiger partial charge in [0.1, 0.15) is 6.04 Å². The second-order valence-corrected chi connectivity index (χ2v) is 8.50. The molecule has 1 fully saturated rings. The number of carbonyl (C=O) groups is 4. The quantitative estimate of drug-likeness (QED) is 0.460. The van der Waals surface area contributed by atoms with Gasteiger partial charge >= 0.3 is 0 Å². The summed E-state index contributed by atoms with van der Waals surface area (Å²) in [7, 11) is 0. The van der Waals surface area contributed by atoms with Gasteiger partial charge in [-0.1, -0.05) is 48.0 Å².